The Kier molecular flexibility index (Phi) is 8.65. The van der Waals surface area contributed by atoms with Gasteiger partial charge < -0.3 is 9.80 Å². The largest absolute Gasteiger partial charge is 0.372 e. The first kappa shape index (κ1) is 24.1. The number of benzene rings is 2. The topological polar surface area (TPSA) is 39.7 Å². The van der Waals surface area contributed by atoms with Crippen molar-refractivity contribution in [2.45, 2.75) is 20.8 Å². The van der Waals surface area contributed by atoms with E-state index in [1.165, 1.54) is 0 Å². The van der Waals surface area contributed by atoms with Gasteiger partial charge in [0, 0.05) is 37.4 Å². The molecule has 1 aromatic heterocycles. The van der Waals surface area contributed by atoms with Crippen LogP contribution >= 0.6 is 23.7 Å². The Balaban J connectivity index is 0.00000320. The molecule has 0 saturated carbocycles. The first-order chi connectivity index (χ1) is 13.9. The van der Waals surface area contributed by atoms with Crippen LogP contribution in [0.1, 0.15) is 29.8 Å². The van der Waals surface area contributed by atoms with Crippen LogP contribution in [-0.2, 0) is 0 Å². The molecule has 0 bridgehead atoms. The molecule has 0 atom stereocenters. The standard InChI is InChI=1S/C23H30N4OS.ClH/c1-6-26(7-2)19-13-11-18(12-14-19)22(28)27(16-15-25(4)5)23-24-21-17(3)9-8-10-20(21)29-23;/h8-14H,6-7,15-16H2,1-5H3;1H. The Morgan fingerprint density at radius 3 is 2.23 bits per heavy atom. The molecule has 0 spiro atoms. The van der Waals surface area contributed by atoms with Crippen LogP contribution in [0.15, 0.2) is 42.5 Å². The van der Waals surface area contributed by atoms with Crippen LogP contribution in [0.2, 0.25) is 0 Å². The summed E-state index contributed by atoms with van der Waals surface area (Å²) in [6.45, 7) is 9.61. The molecule has 0 saturated heterocycles. The lowest BCUT2D eigenvalue weighted by molar-refractivity contribution is 0.0985. The first-order valence-electron chi connectivity index (χ1n) is 10.1. The van der Waals surface area contributed by atoms with E-state index in [-0.39, 0.29) is 18.3 Å². The fourth-order valence-electron chi connectivity index (χ4n) is 3.33. The maximum absolute atomic E-state index is 13.4. The molecule has 0 aliphatic carbocycles. The Hall–Kier alpha value is -2.15. The third-order valence-electron chi connectivity index (χ3n) is 5.10. The number of amides is 1. The quantitative estimate of drug-likeness (QED) is 0.483. The molecule has 1 amide bonds. The van der Waals surface area contributed by atoms with Crippen molar-refractivity contribution < 1.29 is 4.79 Å². The van der Waals surface area contributed by atoms with Gasteiger partial charge in [0.1, 0.15) is 0 Å². The van der Waals surface area contributed by atoms with Crippen LogP contribution in [0.25, 0.3) is 10.2 Å². The molecular weight excluding hydrogens is 416 g/mol. The van der Waals surface area contributed by atoms with Gasteiger partial charge in [0.05, 0.1) is 10.2 Å². The van der Waals surface area contributed by atoms with E-state index >= 15 is 0 Å². The Morgan fingerprint density at radius 2 is 1.67 bits per heavy atom. The molecule has 1 heterocycles. The fraction of sp³-hybridized carbons (Fsp3) is 0.391. The summed E-state index contributed by atoms with van der Waals surface area (Å²) >= 11 is 1.58. The van der Waals surface area contributed by atoms with Crippen molar-refractivity contribution >= 4 is 50.7 Å². The van der Waals surface area contributed by atoms with E-state index in [4.69, 9.17) is 4.98 Å². The molecule has 0 radical (unpaired) electrons. The average Bonchev–Trinajstić information content (AvgIpc) is 3.14. The van der Waals surface area contributed by atoms with Crippen molar-refractivity contribution in [1.29, 1.82) is 0 Å². The number of fused-ring (bicyclic) bond motifs is 1. The van der Waals surface area contributed by atoms with Crippen LogP contribution in [0, 0.1) is 6.92 Å². The normalized spacial score (nSPS) is 10.9. The number of aryl methyl sites for hydroxylation is 1. The molecule has 7 heteroatoms. The van der Waals surface area contributed by atoms with Crippen molar-refractivity contribution in [1.82, 2.24) is 9.88 Å². The molecule has 0 aliphatic rings. The number of anilines is 2. The average molecular weight is 447 g/mol. The predicted molar refractivity (Wildman–Crippen MR) is 132 cm³/mol. The lowest BCUT2D eigenvalue weighted by atomic mass is 10.1. The van der Waals surface area contributed by atoms with E-state index in [0.29, 0.717) is 12.1 Å². The fourth-order valence-corrected chi connectivity index (χ4v) is 4.40. The third-order valence-corrected chi connectivity index (χ3v) is 6.14. The summed E-state index contributed by atoms with van der Waals surface area (Å²) in [7, 11) is 4.04. The van der Waals surface area contributed by atoms with Crippen LogP contribution in [-0.4, -0.2) is 56.1 Å². The lowest BCUT2D eigenvalue weighted by Gasteiger charge is -2.23. The molecule has 0 fully saturated rings. The number of aromatic nitrogens is 1. The summed E-state index contributed by atoms with van der Waals surface area (Å²) in [5.41, 5.74) is 3.94. The second-order valence-electron chi connectivity index (χ2n) is 7.40. The van der Waals surface area contributed by atoms with E-state index in [1.54, 1.807) is 11.3 Å². The van der Waals surface area contributed by atoms with Gasteiger partial charge in [-0.2, -0.15) is 0 Å². The van der Waals surface area contributed by atoms with Crippen LogP contribution in [0.5, 0.6) is 0 Å². The molecular formula is C23H31ClN4OS. The maximum atomic E-state index is 13.4. The van der Waals surface area contributed by atoms with Gasteiger partial charge in [-0.3, -0.25) is 9.69 Å². The van der Waals surface area contributed by atoms with Gasteiger partial charge in [0.2, 0.25) is 0 Å². The highest BCUT2D eigenvalue weighted by Gasteiger charge is 2.22. The second kappa shape index (κ2) is 10.8. The minimum Gasteiger partial charge on any atom is -0.372 e. The molecule has 30 heavy (non-hydrogen) atoms. The zero-order valence-corrected chi connectivity index (χ0v) is 20.0. The van der Waals surface area contributed by atoms with E-state index in [9.17, 15) is 4.79 Å². The van der Waals surface area contributed by atoms with Crippen LogP contribution < -0.4 is 9.80 Å². The second-order valence-corrected chi connectivity index (χ2v) is 8.41. The van der Waals surface area contributed by atoms with Crippen LogP contribution in [0.4, 0.5) is 10.8 Å². The van der Waals surface area contributed by atoms with Gasteiger partial charge in [-0.1, -0.05) is 23.5 Å². The highest BCUT2D eigenvalue weighted by Crippen LogP contribution is 2.31. The van der Waals surface area contributed by atoms with Gasteiger partial charge in [0.15, 0.2) is 5.13 Å². The summed E-state index contributed by atoms with van der Waals surface area (Å²) in [5, 5.41) is 0.758. The number of carbonyl (C=O) groups is 1. The minimum atomic E-state index is -0.00495. The maximum Gasteiger partial charge on any atom is 0.260 e. The van der Waals surface area contributed by atoms with Crippen molar-refractivity contribution in [3.05, 3.63) is 53.6 Å². The smallest absolute Gasteiger partial charge is 0.260 e. The number of halogens is 1. The molecule has 0 N–H and O–H groups in total. The Bertz CT molecular complexity index is 967. The summed E-state index contributed by atoms with van der Waals surface area (Å²) in [5.74, 6) is -0.00495. The Labute approximate surface area is 189 Å². The number of rotatable bonds is 8. The molecule has 0 unspecified atom stereocenters. The number of carbonyl (C=O) groups excluding carboxylic acids is 1. The molecule has 2 aromatic carbocycles. The number of hydrogen-bond acceptors (Lipinski definition) is 5. The zero-order valence-electron chi connectivity index (χ0n) is 18.4. The Morgan fingerprint density at radius 1 is 1.00 bits per heavy atom. The highest BCUT2D eigenvalue weighted by molar-refractivity contribution is 7.22. The number of hydrogen-bond donors (Lipinski definition) is 0. The van der Waals surface area contributed by atoms with Crippen molar-refractivity contribution in [2.24, 2.45) is 0 Å². The number of thiazole rings is 1. The lowest BCUT2D eigenvalue weighted by Crippen LogP contribution is -2.36. The SMILES string of the molecule is CCN(CC)c1ccc(C(=O)N(CCN(C)C)c2nc3c(C)cccc3s2)cc1.Cl. The van der Waals surface area contributed by atoms with E-state index in [0.717, 1.165) is 46.2 Å². The van der Waals surface area contributed by atoms with Gasteiger partial charge >= 0.3 is 0 Å². The minimum absolute atomic E-state index is 0. The zero-order chi connectivity index (χ0) is 21.0. The summed E-state index contributed by atoms with van der Waals surface area (Å²) in [4.78, 5) is 24.4. The summed E-state index contributed by atoms with van der Waals surface area (Å²) in [6, 6.07) is 14.1. The molecule has 3 aromatic rings. The first-order valence-corrected chi connectivity index (χ1v) is 10.9. The van der Waals surface area contributed by atoms with Gasteiger partial charge in [-0.25, -0.2) is 4.98 Å². The molecule has 162 valence electrons. The summed E-state index contributed by atoms with van der Waals surface area (Å²) < 4.78 is 1.11. The molecule has 3 rings (SSSR count). The van der Waals surface area contributed by atoms with Gasteiger partial charge in [-0.15, -0.1) is 12.4 Å². The van der Waals surface area contributed by atoms with Crippen LogP contribution in [0.3, 0.4) is 0 Å². The van der Waals surface area contributed by atoms with Gasteiger partial charge in [-0.05, 0) is 70.8 Å². The van der Waals surface area contributed by atoms with Gasteiger partial charge in [0.25, 0.3) is 5.91 Å². The predicted octanol–water partition coefficient (Wildman–Crippen LogP) is 5.08. The van der Waals surface area contributed by atoms with Crippen molar-refractivity contribution in [3.8, 4) is 0 Å². The number of para-hydroxylation sites is 1. The van der Waals surface area contributed by atoms with E-state index in [2.05, 4.69) is 42.7 Å². The van der Waals surface area contributed by atoms with Crippen molar-refractivity contribution in [3.63, 3.8) is 0 Å². The monoisotopic (exact) mass is 446 g/mol. The van der Waals surface area contributed by atoms with E-state index < -0.39 is 0 Å². The van der Waals surface area contributed by atoms with Crippen molar-refractivity contribution in [2.75, 3.05) is 50.1 Å². The molecule has 0 aliphatic heterocycles. The number of likely N-dealkylation sites (N-methyl/N-ethyl adjacent to an activating group) is 1. The molecule has 5 nitrogen and oxygen atoms in total. The summed E-state index contributed by atoms with van der Waals surface area (Å²) in [6.07, 6.45) is 0. The number of nitrogens with zero attached hydrogens (tertiary/aromatic N) is 4. The third kappa shape index (κ3) is 5.31. The van der Waals surface area contributed by atoms with E-state index in [1.807, 2.05) is 49.3 Å². The highest BCUT2D eigenvalue weighted by atomic mass is 35.5.